The molecule has 0 amide bonds. The van der Waals surface area contributed by atoms with Gasteiger partial charge in [0, 0.05) is 16.0 Å². The Morgan fingerprint density at radius 1 is 1.41 bits per heavy atom. The van der Waals surface area contributed by atoms with Crippen LogP contribution in [0.1, 0.15) is 31.9 Å². The minimum atomic E-state index is -0.332. The lowest BCUT2D eigenvalue weighted by atomic mass is 9.77. The van der Waals surface area contributed by atoms with Crippen LogP contribution >= 0.6 is 11.6 Å². The van der Waals surface area contributed by atoms with Crippen molar-refractivity contribution in [2.75, 3.05) is 6.61 Å². The predicted octanol–water partition coefficient (Wildman–Crippen LogP) is 2.31. The van der Waals surface area contributed by atoms with Crippen LogP contribution in [0.5, 0.6) is 5.75 Å². The minimum Gasteiger partial charge on any atom is -0.491 e. The first-order valence-electron chi connectivity index (χ1n) is 5.96. The molecule has 0 N–H and O–H groups in total. The first-order valence-corrected chi connectivity index (χ1v) is 6.34. The van der Waals surface area contributed by atoms with E-state index in [-0.39, 0.29) is 19.3 Å². The molecule has 90 valence electrons. The summed E-state index contributed by atoms with van der Waals surface area (Å²) < 4.78 is 17.5. The molecular weight excluding hydrogens is 238 g/mol. The molecule has 0 radical (unpaired) electrons. The van der Waals surface area contributed by atoms with Gasteiger partial charge in [0.2, 0.25) is 0 Å². The summed E-state index contributed by atoms with van der Waals surface area (Å²) in [6, 6.07) is 3.77. The lowest BCUT2D eigenvalue weighted by molar-refractivity contribution is 0.0978. The highest BCUT2D eigenvalue weighted by Crippen LogP contribution is 2.37. The van der Waals surface area contributed by atoms with Crippen molar-refractivity contribution in [1.29, 1.82) is 0 Å². The third-order valence-electron chi connectivity index (χ3n) is 3.24. The minimum absolute atomic E-state index is 0.0105. The maximum Gasteiger partial charge on any atom is 0.498 e. The molecule has 2 aliphatic heterocycles. The number of benzene rings is 1. The summed E-state index contributed by atoms with van der Waals surface area (Å²) in [5.41, 5.74) is 2.01. The van der Waals surface area contributed by atoms with Crippen LogP contribution < -0.4 is 10.2 Å². The van der Waals surface area contributed by atoms with Crippen molar-refractivity contribution < 1.29 is 14.0 Å². The molecule has 2 aliphatic rings. The van der Waals surface area contributed by atoms with Crippen LogP contribution in [0, 0.1) is 0 Å². The van der Waals surface area contributed by atoms with E-state index in [1.165, 1.54) is 0 Å². The largest absolute Gasteiger partial charge is 0.498 e. The lowest BCUT2D eigenvalue weighted by Gasteiger charge is -2.15. The maximum atomic E-state index is 6.26. The smallest absolute Gasteiger partial charge is 0.491 e. The first-order chi connectivity index (χ1) is 8.20. The molecule has 1 aromatic rings. The summed E-state index contributed by atoms with van der Waals surface area (Å²) in [5.74, 6) is 0.842. The second-order valence-corrected chi connectivity index (χ2v) is 4.90. The maximum absolute atomic E-state index is 6.26. The van der Waals surface area contributed by atoms with Crippen LogP contribution in [0.2, 0.25) is 5.02 Å². The van der Waals surface area contributed by atoms with Gasteiger partial charge in [-0.2, -0.15) is 0 Å². The predicted molar refractivity (Wildman–Crippen MR) is 67.0 cm³/mol. The van der Waals surface area contributed by atoms with Gasteiger partial charge in [-0.05, 0) is 25.5 Å². The fourth-order valence-electron chi connectivity index (χ4n) is 2.43. The molecule has 0 saturated heterocycles. The second-order valence-electron chi connectivity index (χ2n) is 4.50. The number of hydrogen-bond donors (Lipinski definition) is 0. The molecule has 1 unspecified atom stereocenters. The highest BCUT2D eigenvalue weighted by molar-refractivity contribution is 6.64. The van der Waals surface area contributed by atoms with E-state index in [1.54, 1.807) is 0 Å². The number of rotatable bonds is 1. The van der Waals surface area contributed by atoms with Crippen molar-refractivity contribution in [1.82, 2.24) is 0 Å². The van der Waals surface area contributed by atoms with Crippen LogP contribution in [-0.2, 0) is 9.31 Å². The van der Waals surface area contributed by atoms with Gasteiger partial charge in [-0.3, -0.25) is 0 Å². The van der Waals surface area contributed by atoms with E-state index in [1.807, 2.05) is 19.1 Å². The molecule has 3 nitrogen and oxygen atoms in total. The third kappa shape index (κ3) is 1.75. The monoisotopic (exact) mass is 252 g/mol. The first kappa shape index (κ1) is 11.4. The van der Waals surface area contributed by atoms with E-state index in [2.05, 4.69) is 6.92 Å². The van der Waals surface area contributed by atoms with Gasteiger partial charge in [0.25, 0.3) is 0 Å². The highest BCUT2D eigenvalue weighted by atomic mass is 35.5. The van der Waals surface area contributed by atoms with Crippen molar-refractivity contribution in [3.63, 3.8) is 0 Å². The zero-order valence-electron chi connectivity index (χ0n) is 9.90. The van der Waals surface area contributed by atoms with Gasteiger partial charge in [0.05, 0.1) is 12.2 Å². The Kier molecular flexibility index (Phi) is 2.81. The molecular formula is C12H14BClO3. The normalized spacial score (nSPS) is 26.4. The van der Waals surface area contributed by atoms with Gasteiger partial charge >= 0.3 is 7.12 Å². The summed E-state index contributed by atoms with van der Waals surface area (Å²) in [5, 5.41) is 0.736. The summed E-state index contributed by atoms with van der Waals surface area (Å²) in [6.07, 6.45) is 0.913. The van der Waals surface area contributed by atoms with Crippen LogP contribution in [0.15, 0.2) is 12.1 Å². The van der Waals surface area contributed by atoms with Crippen molar-refractivity contribution >= 4 is 24.2 Å². The average Bonchev–Trinajstić information content (AvgIpc) is 2.60. The topological polar surface area (TPSA) is 27.7 Å². The van der Waals surface area contributed by atoms with E-state index in [4.69, 9.17) is 25.6 Å². The average molecular weight is 253 g/mol. The van der Waals surface area contributed by atoms with Gasteiger partial charge < -0.3 is 14.0 Å². The van der Waals surface area contributed by atoms with Crippen LogP contribution in [0.3, 0.4) is 0 Å². The summed E-state index contributed by atoms with van der Waals surface area (Å²) in [7, 11) is -0.332. The van der Waals surface area contributed by atoms with Gasteiger partial charge in [-0.15, -0.1) is 0 Å². The molecule has 3 rings (SSSR count). The molecule has 0 fully saturated rings. The molecule has 0 spiro atoms. The number of halogens is 1. The summed E-state index contributed by atoms with van der Waals surface area (Å²) in [6.45, 7) is 4.61. The third-order valence-corrected chi connectivity index (χ3v) is 3.57. The van der Waals surface area contributed by atoms with E-state index in [0.717, 1.165) is 28.2 Å². The SMILES string of the molecule is CC[C@H]1OB2OC(C)COc3ccc(Cl)c1c32. The molecule has 1 aromatic carbocycles. The van der Waals surface area contributed by atoms with E-state index in [9.17, 15) is 0 Å². The molecule has 0 aliphatic carbocycles. The molecule has 5 heteroatoms. The zero-order chi connectivity index (χ0) is 12.0. The van der Waals surface area contributed by atoms with Crippen molar-refractivity contribution in [3.8, 4) is 5.75 Å². The van der Waals surface area contributed by atoms with Crippen LogP contribution in [0.4, 0.5) is 0 Å². The van der Waals surface area contributed by atoms with Crippen LogP contribution in [0.25, 0.3) is 0 Å². The Morgan fingerprint density at radius 2 is 2.24 bits per heavy atom. The van der Waals surface area contributed by atoms with Crippen molar-refractivity contribution in [2.45, 2.75) is 32.5 Å². The Balaban J connectivity index is 2.14. The van der Waals surface area contributed by atoms with E-state index < -0.39 is 0 Å². The highest BCUT2D eigenvalue weighted by Gasteiger charge is 2.43. The van der Waals surface area contributed by atoms with Gasteiger partial charge in [-0.1, -0.05) is 18.5 Å². The van der Waals surface area contributed by atoms with E-state index in [0.29, 0.717) is 6.61 Å². The van der Waals surface area contributed by atoms with Crippen LogP contribution in [-0.4, -0.2) is 19.8 Å². The van der Waals surface area contributed by atoms with E-state index >= 15 is 0 Å². The van der Waals surface area contributed by atoms with Gasteiger partial charge in [0.15, 0.2) is 0 Å². The Hall–Kier alpha value is -0.705. The summed E-state index contributed by atoms with van der Waals surface area (Å²) in [4.78, 5) is 0. The van der Waals surface area contributed by atoms with Crippen molar-refractivity contribution in [2.24, 2.45) is 0 Å². The fourth-order valence-corrected chi connectivity index (χ4v) is 2.72. The zero-order valence-corrected chi connectivity index (χ0v) is 10.7. The molecule has 0 bridgehead atoms. The second kappa shape index (κ2) is 4.20. The Morgan fingerprint density at radius 3 is 3.00 bits per heavy atom. The van der Waals surface area contributed by atoms with Crippen molar-refractivity contribution in [3.05, 3.63) is 22.7 Å². The molecule has 0 saturated carbocycles. The summed E-state index contributed by atoms with van der Waals surface area (Å²) >= 11 is 6.26. The fraction of sp³-hybridized carbons (Fsp3) is 0.500. The molecule has 2 atom stereocenters. The lowest BCUT2D eigenvalue weighted by Crippen LogP contribution is -2.34. The Labute approximate surface area is 106 Å². The molecule has 0 aromatic heterocycles. The van der Waals surface area contributed by atoms with Gasteiger partial charge in [-0.25, -0.2) is 0 Å². The quantitative estimate of drug-likeness (QED) is 0.718. The number of ether oxygens (including phenoxy) is 1. The molecule has 17 heavy (non-hydrogen) atoms. The Bertz CT molecular complexity index is 452. The molecule has 2 heterocycles. The number of hydrogen-bond acceptors (Lipinski definition) is 3. The van der Waals surface area contributed by atoms with Gasteiger partial charge in [0.1, 0.15) is 12.4 Å². The standard InChI is InChI=1S/C12H14BClO3/c1-3-9-11-8(14)4-5-10-12(11)13(17-9)16-7(2)6-15-10/h4-5,7,9H,3,6H2,1-2H3/t7?,9-/m1/s1.